The number of rotatable bonds is 6. The summed E-state index contributed by atoms with van der Waals surface area (Å²) in [4.78, 5) is 0. The Morgan fingerprint density at radius 3 is 2.53 bits per heavy atom. The fourth-order valence-electron chi connectivity index (χ4n) is 1.76. The number of methoxy groups -OCH3 is 1. The van der Waals surface area contributed by atoms with Gasteiger partial charge in [-0.3, -0.25) is 0 Å². The van der Waals surface area contributed by atoms with Gasteiger partial charge in [0.05, 0.1) is 11.3 Å². The molecule has 0 unspecified atom stereocenters. The lowest BCUT2D eigenvalue weighted by Gasteiger charge is -2.13. The van der Waals surface area contributed by atoms with Gasteiger partial charge in [-0.2, -0.15) is 13.2 Å². The van der Waals surface area contributed by atoms with Crippen LogP contribution in [0.25, 0.3) is 0 Å². The number of oxime groups is 1. The van der Waals surface area contributed by atoms with Gasteiger partial charge in [0.25, 0.3) is 0 Å². The Balaban J connectivity index is 2.88. The van der Waals surface area contributed by atoms with Crippen LogP contribution in [0.5, 0.6) is 0 Å². The smallest absolute Gasteiger partial charge is 0.411 e. The fraction of sp³-hybridized carbons (Fsp3) is 0.462. The highest BCUT2D eigenvalue weighted by Crippen LogP contribution is 2.32. The molecule has 1 rings (SSSR count). The maximum absolute atomic E-state index is 12.8. The highest BCUT2D eigenvalue weighted by molar-refractivity contribution is 6.01. The van der Waals surface area contributed by atoms with Gasteiger partial charge in [-0.1, -0.05) is 23.4 Å². The summed E-state index contributed by atoms with van der Waals surface area (Å²) < 4.78 is 43.4. The lowest BCUT2D eigenvalue weighted by Crippen LogP contribution is -2.13. The molecule has 0 bridgehead atoms. The second-order valence-corrected chi connectivity index (χ2v) is 4.04. The minimum Gasteiger partial charge on any atom is -0.411 e. The van der Waals surface area contributed by atoms with Gasteiger partial charge in [0.2, 0.25) is 0 Å². The minimum absolute atomic E-state index is 0.0454. The first kappa shape index (κ1) is 15.5. The molecule has 0 fully saturated rings. The molecular weight excluding hydrogens is 259 g/mol. The predicted octanol–water partition coefficient (Wildman–Crippen LogP) is 3.70. The number of benzene rings is 1. The normalized spacial score (nSPS) is 12.7. The standard InChI is InChI=1S/C13H16F3NO2/c1-19-9-5-4-8-12(17-18)10-6-2-3-7-11(10)13(14,15)16/h2-3,6-7,18H,4-5,8-9H2,1H3. The van der Waals surface area contributed by atoms with Crippen molar-refractivity contribution >= 4 is 5.71 Å². The molecule has 0 heterocycles. The largest absolute Gasteiger partial charge is 0.417 e. The molecule has 0 amide bonds. The van der Waals surface area contributed by atoms with Crippen LogP contribution in [-0.4, -0.2) is 24.6 Å². The number of alkyl halides is 3. The van der Waals surface area contributed by atoms with Crippen LogP contribution in [0.15, 0.2) is 29.4 Å². The van der Waals surface area contributed by atoms with Crippen LogP contribution in [0.4, 0.5) is 13.2 Å². The Bertz CT molecular complexity index is 430. The average molecular weight is 275 g/mol. The molecule has 19 heavy (non-hydrogen) atoms. The molecule has 3 nitrogen and oxygen atoms in total. The number of hydrogen-bond donors (Lipinski definition) is 1. The van der Waals surface area contributed by atoms with E-state index in [-0.39, 0.29) is 17.7 Å². The Labute approximate surface area is 109 Å². The first-order valence-corrected chi connectivity index (χ1v) is 5.87. The second kappa shape index (κ2) is 7.13. The summed E-state index contributed by atoms with van der Waals surface area (Å²) in [5.74, 6) is 0. The van der Waals surface area contributed by atoms with E-state index in [1.54, 1.807) is 7.11 Å². The quantitative estimate of drug-likeness (QED) is 0.372. The minimum atomic E-state index is -4.46. The van der Waals surface area contributed by atoms with Crippen LogP contribution >= 0.6 is 0 Å². The molecule has 0 saturated heterocycles. The fourth-order valence-corrected chi connectivity index (χ4v) is 1.76. The molecule has 0 spiro atoms. The van der Waals surface area contributed by atoms with E-state index in [0.717, 1.165) is 6.07 Å². The Kier molecular flexibility index (Phi) is 5.82. The van der Waals surface area contributed by atoms with E-state index in [0.29, 0.717) is 19.4 Å². The number of hydrogen-bond acceptors (Lipinski definition) is 3. The first-order valence-electron chi connectivity index (χ1n) is 5.87. The highest BCUT2D eigenvalue weighted by Gasteiger charge is 2.34. The summed E-state index contributed by atoms with van der Waals surface area (Å²) in [6.45, 7) is 0.527. The van der Waals surface area contributed by atoms with Gasteiger partial charge in [-0.05, 0) is 25.3 Å². The molecule has 1 aromatic carbocycles. The van der Waals surface area contributed by atoms with Gasteiger partial charge in [-0.15, -0.1) is 0 Å². The third-order valence-electron chi connectivity index (χ3n) is 2.68. The van der Waals surface area contributed by atoms with Crippen molar-refractivity contribution in [3.05, 3.63) is 35.4 Å². The molecule has 106 valence electrons. The van der Waals surface area contributed by atoms with E-state index >= 15 is 0 Å². The molecule has 0 aliphatic heterocycles. The summed E-state index contributed by atoms with van der Waals surface area (Å²) >= 11 is 0. The lowest BCUT2D eigenvalue weighted by atomic mass is 9.99. The summed E-state index contributed by atoms with van der Waals surface area (Å²) in [6.07, 6.45) is -2.89. The van der Waals surface area contributed by atoms with Crippen LogP contribution < -0.4 is 0 Å². The van der Waals surface area contributed by atoms with E-state index in [9.17, 15) is 13.2 Å². The van der Waals surface area contributed by atoms with Crippen LogP contribution in [0.3, 0.4) is 0 Å². The van der Waals surface area contributed by atoms with Gasteiger partial charge in [0, 0.05) is 19.3 Å². The van der Waals surface area contributed by atoms with Crippen molar-refractivity contribution in [3.8, 4) is 0 Å². The third-order valence-corrected chi connectivity index (χ3v) is 2.68. The van der Waals surface area contributed by atoms with Gasteiger partial charge >= 0.3 is 6.18 Å². The molecule has 1 N–H and O–H groups in total. The van der Waals surface area contributed by atoms with Crippen molar-refractivity contribution in [2.24, 2.45) is 5.16 Å². The Hall–Kier alpha value is -1.56. The van der Waals surface area contributed by atoms with E-state index in [2.05, 4.69) is 5.16 Å². The van der Waals surface area contributed by atoms with E-state index in [1.165, 1.54) is 18.2 Å². The predicted molar refractivity (Wildman–Crippen MR) is 65.5 cm³/mol. The van der Waals surface area contributed by atoms with E-state index in [4.69, 9.17) is 9.94 Å². The van der Waals surface area contributed by atoms with Crippen LogP contribution in [0.2, 0.25) is 0 Å². The SMILES string of the molecule is COCCCCC(=NO)c1ccccc1C(F)(F)F. The van der Waals surface area contributed by atoms with Gasteiger partial charge in [-0.25, -0.2) is 0 Å². The molecular formula is C13H16F3NO2. The zero-order chi connectivity index (χ0) is 14.3. The molecule has 0 aromatic heterocycles. The van der Waals surface area contributed by atoms with E-state index < -0.39 is 11.7 Å². The second-order valence-electron chi connectivity index (χ2n) is 4.04. The van der Waals surface area contributed by atoms with Crippen LogP contribution in [-0.2, 0) is 10.9 Å². The van der Waals surface area contributed by atoms with Crippen LogP contribution in [0, 0.1) is 0 Å². The molecule has 6 heteroatoms. The number of unbranched alkanes of at least 4 members (excludes halogenated alkanes) is 1. The highest BCUT2D eigenvalue weighted by atomic mass is 19.4. The monoisotopic (exact) mass is 275 g/mol. The number of nitrogens with zero attached hydrogens (tertiary/aromatic N) is 1. The number of ether oxygens (including phenoxy) is 1. The average Bonchev–Trinajstić information content (AvgIpc) is 2.38. The van der Waals surface area contributed by atoms with Gasteiger partial charge in [0.15, 0.2) is 0 Å². The van der Waals surface area contributed by atoms with Crippen molar-refractivity contribution in [2.75, 3.05) is 13.7 Å². The Morgan fingerprint density at radius 2 is 1.95 bits per heavy atom. The third kappa shape index (κ3) is 4.55. The molecule has 0 radical (unpaired) electrons. The lowest BCUT2D eigenvalue weighted by molar-refractivity contribution is -0.137. The molecule has 1 aromatic rings. The summed E-state index contributed by atoms with van der Waals surface area (Å²) in [6, 6.07) is 5.10. The van der Waals surface area contributed by atoms with Crippen molar-refractivity contribution in [2.45, 2.75) is 25.4 Å². The van der Waals surface area contributed by atoms with Crippen LogP contribution in [0.1, 0.15) is 30.4 Å². The van der Waals surface area contributed by atoms with Gasteiger partial charge in [0.1, 0.15) is 0 Å². The summed E-state index contributed by atoms with van der Waals surface area (Å²) in [7, 11) is 1.56. The maximum atomic E-state index is 12.8. The van der Waals surface area contributed by atoms with Crippen molar-refractivity contribution in [3.63, 3.8) is 0 Å². The zero-order valence-corrected chi connectivity index (χ0v) is 10.6. The van der Waals surface area contributed by atoms with E-state index in [1.807, 2.05) is 0 Å². The summed E-state index contributed by atoms with van der Waals surface area (Å²) in [5.41, 5.74) is -0.812. The molecule has 0 atom stereocenters. The molecule has 0 aliphatic rings. The zero-order valence-electron chi connectivity index (χ0n) is 10.6. The number of halogens is 3. The molecule has 0 aliphatic carbocycles. The first-order chi connectivity index (χ1) is 9.00. The maximum Gasteiger partial charge on any atom is 0.417 e. The molecule has 0 saturated carbocycles. The Morgan fingerprint density at radius 1 is 1.26 bits per heavy atom. The van der Waals surface area contributed by atoms with Crippen molar-refractivity contribution < 1.29 is 23.1 Å². The van der Waals surface area contributed by atoms with Crippen molar-refractivity contribution in [1.29, 1.82) is 0 Å². The topological polar surface area (TPSA) is 41.8 Å². The van der Waals surface area contributed by atoms with Crippen molar-refractivity contribution in [1.82, 2.24) is 0 Å². The van der Waals surface area contributed by atoms with Gasteiger partial charge < -0.3 is 9.94 Å². The summed E-state index contributed by atoms with van der Waals surface area (Å²) in [5, 5.41) is 11.9.